The van der Waals surface area contributed by atoms with Gasteiger partial charge in [-0.3, -0.25) is 4.79 Å². The van der Waals surface area contributed by atoms with Crippen molar-refractivity contribution in [3.63, 3.8) is 0 Å². The summed E-state index contributed by atoms with van der Waals surface area (Å²) in [5.41, 5.74) is 20.9. The first kappa shape index (κ1) is 8.76. The number of nitrogens with two attached hydrogens (primary N) is 4. The molecule has 0 heterocycles. The number of hydrogen-bond acceptors (Lipinski definition) is 4. The highest BCUT2D eigenvalue weighted by Crippen LogP contribution is 2.14. The van der Waals surface area contributed by atoms with E-state index >= 15 is 0 Å². The molecule has 0 fully saturated rings. The quantitative estimate of drug-likeness (QED) is 0.358. The van der Waals surface area contributed by atoms with Crippen molar-refractivity contribution in [3.8, 4) is 0 Å². The Morgan fingerprint density at radius 2 is 2.17 bits per heavy atom. The summed E-state index contributed by atoms with van der Waals surface area (Å²) in [5, 5.41) is 0. The lowest BCUT2D eigenvalue weighted by molar-refractivity contribution is -0.121. The van der Waals surface area contributed by atoms with E-state index in [-0.39, 0.29) is 0 Å². The second kappa shape index (κ2) is 2.62. The fraction of sp³-hybridized carbons (Fsp3) is 0.286. The van der Waals surface area contributed by atoms with Crippen molar-refractivity contribution in [2.24, 2.45) is 22.9 Å². The van der Waals surface area contributed by atoms with Crippen molar-refractivity contribution in [3.05, 3.63) is 23.9 Å². The molecule has 0 spiro atoms. The van der Waals surface area contributed by atoms with E-state index in [1.807, 2.05) is 0 Å². The van der Waals surface area contributed by atoms with Gasteiger partial charge in [-0.2, -0.15) is 0 Å². The van der Waals surface area contributed by atoms with Crippen molar-refractivity contribution in [1.29, 1.82) is 0 Å². The molecule has 0 radical (unpaired) electrons. The van der Waals surface area contributed by atoms with Crippen LogP contribution < -0.4 is 22.9 Å². The van der Waals surface area contributed by atoms with Gasteiger partial charge in [-0.05, 0) is 12.2 Å². The summed E-state index contributed by atoms with van der Waals surface area (Å²) in [5.74, 6) is -0.657. The molecule has 12 heavy (non-hydrogen) atoms. The zero-order chi connectivity index (χ0) is 9.35. The van der Waals surface area contributed by atoms with Gasteiger partial charge in [0.1, 0.15) is 5.54 Å². The molecule has 0 aromatic heterocycles. The lowest BCUT2D eigenvalue weighted by Gasteiger charge is -2.29. The second-order valence-corrected chi connectivity index (χ2v) is 2.82. The summed E-state index contributed by atoms with van der Waals surface area (Å²) in [4.78, 5) is 10.9. The van der Waals surface area contributed by atoms with Gasteiger partial charge < -0.3 is 22.9 Å². The van der Waals surface area contributed by atoms with E-state index in [9.17, 15) is 4.79 Å². The zero-order valence-electron chi connectivity index (χ0n) is 6.53. The number of carbonyl (C=O) groups is 1. The molecule has 0 aromatic carbocycles. The molecule has 0 aromatic rings. The number of rotatable bonds is 1. The normalized spacial score (nSPS) is 34.5. The lowest BCUT2D eigenvalue weighted by Crippen LogP contribution is -2.62. The van der Waals surface area contributed by atoms with Crippen LogP contribution >= 0.6 is 0 Å². The SMILES string of the molecule is NC(=O)C1(N)C=CC(N)=CC1N. The average molecular weight is 168 g/mol. The second-order valence-electron chi connectivity index (χ2n) is 2.82. The zero-order valence-corrected chi connectivity index (χ0v) is 6.53. The van der Waals surface area contributed by atoms with Gasteiger partial charge in [0.05, 0.1) is 6.04 Å². The Kier molecular flexibility index (Phi) is 1.91. The smallest absolute Gasteiger partial charge is 0.243 e. The monoisotopic (exact) mass is 168 g/mol. The van der Waals surface area contributed by atoms with E-state index in [1.54, 1.807) is 0 Å². The first-order valence-corrected chi connectivity index (χ1v) is 3.47. The van der Waals surface area contributed by atoms with Gasteiger partial charge in [0.25, 0.3) is 0 Å². The number of amides is 1. The summed E-state index contributed by atoms with van der Waals surface area (Å²) in [6, 6.07) is -0.653. The molecule has 5 nitrogen and oxygen atoms in total. The number of carbonyl (C=O) groups excluding carboxylic acids is 1. The first-order chi connectivity index (χ1) is 5.47. The van der Waals surface area contributed by atoms with Gasteiger partial charge in [-0.15, -0.1) is 0 Å². The summed E-state index contributed by atoms with van der Waals surface area (Å²) >= 11 is 0. The van der Waals surface area contributed by atoms with Crippen molar-refractivity contribution >= 4 is 5.91 Å². The molecule has 5 heteroatoms. The van der Waals surface area contributed by atoms with E-state index in [1.165, 1.54) is 18.2 Å². The summed E-state index contributed by atoms with van der Waals surface area (Å²) in [7, 11) is 0. The highest BCUT2D eigenvalue weighted by molar-refractivity contribution is 5.88. The maximum absolute atomic E-state index is 10.9. The van der Waals surface area contributed by atoms with E-state index in [0.717, 1.165) is 0 Å². The van der Waals surface area contributed by atoms with Crippen molar-refractivity contribution in [2.45, 2.75) is 11.6 Å². The molecule has 1 aliphatic carbocycles. The molecule has 8 N–H and O–H groups in total. The summed E-state index contributed by atoms with van der Waals surface area (Å²) < 4.78 is 0. The van der Waals surface area contributed by atoms with Crippen LogP contribution in [0.15, 0.2) is 23.9 Å². The van der Waals surface area contributed by atoms with Crippen LogP contribution in [0, 0.1) is 0 Å². The minimum Gasteiger partial charge on any atom is -0.399 e. The van der Waals surface area contributed by atoms with Crippen LogP contribution in [0.2, 0.25) is 0 Å². The first-order valence-electron chi connectivity index (χ1n) is 3.47. The van der Waals surface area contributed by atoms with Crippen LogP contribution in [0.4, 0.5) is 0 Å². The Morgan fingerprint density at radius 3 is 2.58 bits per heavy atom. The maximum Gasteiger partial charge on any atom is 0.243 e. The van der Waals surface area contributed by atoms with Gasteiger partial charge in [0.2, 0.25) is 5.91 Å². The van der Waals surface area contributed by atoms with E-state index < -0.39 is 17.5 Å². The molecule has 2 unspecified atom stereocenters. The molecule has 1 rings (SSSR count). The van der Waals surface area contributed by atoms with Crippen molar-refractivity contribution < 1.29 is 4.79 Å². The third-order valence-electron chi connectivity index (χ3n) is 1.90. The fourth-order valence-electron chi connectivity index (χ4n) is 0.992. The standard InChI is InChI=1S/C7H12N4O/c8-4-1-2-7(11,6(10)12)5(9)3-4/h1-3,5H,8-9,11H2,(H2,10,12). The Labute approximate surface area is 70.1 Å². The van der Waals surface area contributed by atoms with Gasteiger partial charge >= 0.3 is 0 Å². The van der Waals surface area contributed by atoms with Gasteiger partial charge in [-0.25, -0.2) is 0 Å². The number of primary amides is 1. The fourth-order valence-corrected chi connectivity index (χ4v) is 0.992. The minimum absolute atomic E-state index is 0.491. The number of allylic oxidation sites excluding steroid dienone is 1. The topological polar surface area (TPSA) is 121 Å². The maximum atomic E-state index is 10.9. The van der Waals surface area contributed by atoms with Crippen LogP contribution in [-0.4, -0.2) is 17.5 Å². The van der Waals surface area contributed by atoms with Gasteiger partial charge in [0.15, 0.2) is 0 Å². The molecule has 1 aliphatic rings. The van der Waals surface area contributed by atoms with Crippen LogP contribution in [0.3, 0.4) is 0 Å². The summed E-state index contributed by atoms with van der Waals surface area (Å²) in [6.45, 7) is 0. The lowest BCUT2D eigenvalue weighted by atomic mass is 9.86. The molecule has 0 saturated carbocycles. The van der Waals surface area contributed by atoms with Crippen LogP contribution in [0.1, 0.15) is 0 Å². The Hall–Kier alpha value is -1.33. The third kappa shape index (κ3) is 1.19. The predicted molar refractivity (Wildman–Crippen MR) is 45.5 cm³/mol. The predicted octanol–water partition coefficient (Wildman–Crippen LogP) is -2.09. The Bertz CT molecular complexity index is 271. The van der Waals surface area contributed by atoms with Gasteiger partial charge in [0, 0.05) is 5.70 Å². The van der Waals surface area contributed by atoms with Crippen LogP contribution in [0.5, 0.6) is 0 Å². The molecular weight excluding hydrogens is 156 g/mol. The van der Waals surface area contributed by atoms with E-state index in [4.69, 9.17) is 22.9 Å². The van der Waals surface area contributed by atoms with E-state index in [2.05, 4.69) is 0 Å². The molecule has 1 amide bonds. The molecule has 0 bridgehead atoms. The van der Waals surface area contributed by atoms with Crippen LogP contribution in [0.25, 0.3) is 0 Å². The molecular formula is C7H12N4O. The molecule has 66 valence electrons. The van der Waals surface area contributed by atoms with Gasteiger partial charge in [-0.1, -0.05) is 6.08 Å². The van der Waals surface area contributed by atoms with Crippen molar-refractivity contribution in [1.82, 2.24) is 0 Å². The number of hydrogen-bond donors (Lipinski definition) is 4. The molecule has 0 aliphatic heterocycles. The molecule has 2 atom stereocenters. The minimum atomic E-state index is -1.30. The highest BCUT2D eigenvalue weighted by Gasteiger charge is 2.36. The van der Waals surface area contributed by atoms with Crippen LogP contribution in [-0.2, 0) is 4.79 Å². The highest BCUT2D eigenvalue weighted by atomic mass is 16.1. The van der Waals surface area contributed by atoms with E-state index in [0.29, 0.717) is 5.70 Å². The van der Waals surface area contributed by atoms with Crippen molar-refractivity contribution in [2.75, 3.05) is 0 Å². The summed E-state index contributed by atoms with van der Waals surface area (Å²) in [6.07, 6.45) is 4.45. The molecule has 0 saturated heterocycles. The Balaban J connectivity index is 2.99. The Morgan fingerprint density at radius 1 is 1.58 bits per heavy atom. The third-order valence-corrected chi connectivity index (χ3v) is 1.90. The largest absolute Gasteiger partial charge is 0.399 e. The average Bonchev–Trinajstić information content (AvgIpc) is 1.97.